The van der Waals surface area contributed by atoms with Crippen molar-refractivity contribution in [3.63, 3.8) is 0 Å². The highest BCUT2D eigenvalue weighted by Gasteiger charge is 2.18. The SMILES string of the molecule is Cc1nc(NC(=O)c2ccccc2Cl)sc1C(=O)Nc1ccccc1Cl. The Balaban J connectivity index is 1.77. The number of amides is 2. The topological polar surface area (TPSA) is 71.1 Å². The molecule has 0 aliphatic heterocycles. The number of para-hydroxylation sites is 1. The number of hydrogen-bond donors (Lipinski definition) is 2. The number of halogens is 2. The molecule has 132 valence electrons. The average molecular weight is 406 g/mol. The maximum absolute atomic E-state index is 12.5. The third-order valence-corrected chi connectivity index (χ3v) is 5.19. The van der Waals surface area contributed by atoms with E-state index in [0.717, 1.165) is 11.3 Å². The van der Waals surface area contributed by atoms with Gasteiger partial charge in [-0.1, -0.05) is 58.8 Å². The summed E-state index contributed by atoms with van der Waals surface area (Å²) in [5.74, 6) is -0.728. The first-order valence-electron chi connectivity index (χ1n) is 7.55. The van der Waals surface area contributed by atoms with E-state index in [2.05, 4.69) is 15.6 Å². The molecule has 3 aromatic rings. The third kappa shape index (κ3) is 4.04. The lowest BCUT2D eigenvalue weighted by Gasteiger charge is -2.05. The van der Waals surface area contributed by atoms with Gasteiger partial charge in [-0.25, -0.2) is 4.98 Å². The van der Waals surface area contributed by atoms with Gasteiger partial charge in [0.1, 0.15) is 4.88 Å². The summed E-state index contributed by atoms with van der Waals surface area (Å²) in [5, 5.41) is 6.51. The fourth-order valence-electron chi connectivity index (χ4n) is 2.21. The van der Waals surface area contributed by atoms with E-state index >= 15 is 0 Å². The zero-order valence-corrected chi connectivity index (χ0v) is 15.9. The summed E-state index contributed by atoms with van der Waals surface area (Å²) in [6, 6.07) is 13.6. The van der Waals surface area contributed by atoms with E-state index in [9.17, 15) is 9.59 Å². The lowest BCUT2D eigenvalue weighted by Crippen LogP contribution is -2.12. The lowest BCUT2D eigenvalue weighted by atomic mass is 10.2. The van der Waals surface area contributed by atoms with Crippen LogP contribution in [-0.2, 0) is 0 Å². The van der Waals surface area contributed by atoms with Crippen molar-refractivity contribution in [2.24, 2.45) is 0 Å². The van der Waals surface area contributed by atoms with Crippen LogP contribution in [0.15, 0.2) is 48.5 Å². The van der Waals surface area contributed by atoms with Crippen molar-refractivity contribution in [2.45, 2.75) is 6.92 Å². The summed E-state index contributed by atoms with van der Waals surface area (Å²) in [5.41, 5.74) is 1.35. The Morgan fingerprint density at radius 3 is 2.27 bits per heavy atom. The number of aromatic nitrogens is 1. The Morgan fingerprint density at radius 1 is 0.923 bits per heavy atom. The second kappa shape index (κ2) is 7.86. The van der Waals surface area contributed by atoms with Gasteiger partial charge in [0, 0.05) is 0 Å². The minimum atomic E-state index is -0.387. The van der Waals surface area contributed by atoms with Crippen LogP contribution in [0.5, 0.6) is 0 Å². The minimum absolute atomic E-state index is 0.316. The van der Waals surface area contributed by atoms with E-state index in [-0.39, 0.29) is 11.8 Å². The monoisotopic (exact) mass is 405 g/mol. The van der Waals surface area contributed by atoms with Crippen molar-refractivity contribution < 1.29 is 9.59 Å². The fourth-order valence-corrected chi connectivity index (χ4v) is 3.47. The van der Waals surface area contributed by atoms with E-state index in [1.165, 1.54) is 0 Å². The first-order chi connectivity index (χ1) is 12.5. The molecule has 0 atom stereocenters. The molecule has 0 spiro atoms. The smallest absolute Gasteiger partial charge is 0.267 e. The second-order valence-electron chi connectivity index (χ2n) is 5.30. The number of carbonyl (C=O) groups excluding carboxylic acids is 2. The van der Waals surface area contributed by atoms with Crippen molar-refractivity contribution in [2.75, 3.05) is 10.6 Å². The number of hydrogen-bond acceptors (Lipinski definition) is 4. The van der Waals surface area contributed by atoms with Gasteiger partial charge in [-0.2, -0.15) is 0 Å². The van der Waals surface area contributed by atoms with Crippen LogP contribution in [0.25, 0.3) is 0 Å². The fraction of sp³-hybridized carbons (Fsp3) is 0.0556. The molecule has 26 heavy (non-hydrogen) atoms. The number of benzene rings is 2. The molecule has 0 unspecified atom stereocenters. The van der Waals surface area contributed by atoms with Gasteiger partial charge in [0.2, 0.25) is 0 Å². The molecule has 5 nitrogen and oxygen atoms in total. The number of aryl methyl sites for hydroxylation is 1. The van der Waals surface area contributed by atoms with Crippen molar-refractivity contribution in [3.05, 3.63) is 74.7 Å². The largest absolute Gasteiger partial charge is 0.320 e. The van der Waals surface area contributed by atoms with Crippen molar-refractivity contribution in [3.8, 4) is 0 Å². The van der Waals surface area contributed by atoms with Gasteiger partial charge in [-0.05, 0) is 31.2 Å². The molecular weight excluding hydrogens is 393 g/mol. The molecule has 0 saturated heterocycles. The molecule has 2 amide bonds. The van der Waals surface area contributed by atoms with Crippen LogP contribution < -0.4 is 10.6 Å². The van der Waals surface area contributed by atoms with Crippen molar-refractivity contribution in [1.29, 1.82) is 0 Å². The van der Waals surface area contributed by atoms with Crippen LogP contribution in [0.2, 0.25) is 10.0 Å². The second-order valence-corrected chi connectivity index (χ2v) is 7.11. The molecule has 0 bridgehead atoms. The number of nitrogens with zero attached hydrogens (tertiary/aromatic N) is 1. The van der Waals surface area contributed by atoms with Crippen LogP contribution in [0.1, 0.15) is 25.7 Å². The Kier molecular flexibility index (Phi) is 5.56. The van der Waals surface area contributed by atoms with Gasteiger partial charge in [-0.15, -0.1) is 0 Å². The zero-order chi connectivity index (χ0) is 18.7. The maximum Gasteiger partial charge on any atom is 0.267 e. The first-order valence-corrected chi connectivity index (χ1v) is 9.12. The number of carbonyl (C=O) groups is 2. The highest BCUT2D eigenvalue weighted by atomic mass is 35.5. The Labute approximate surface area is 164 Å². The molecule has 3 rings (SSSR count). The van der Waals surface area contributed by atoms with Gasteiger partial charge >= 0.3 is 0 Å². The van der Waals surface area contributed by atoms with Gasteiger partial charge < -0.3 is 5.32 Å². The molecular formula is C18H13Cl2N3O2S. The molecule has 2 aromatic carbocycles. The van der Waals surface area contributed by atoms with Crippen molar-refractivity contribution in [1.82, 2.24) is 4.98 Å². The van der Waals surface area contributed by atoms with Crippen LogP contribution in [0.4, 0.5) is 10.8 Å². The molecule has 1 aromatic heterocycles. The van der Waals surface area contributed by atoms with Crippen molar-refractivity contribution >= 4 is 57.2 Å². The quantitative estimate of drug-likeness (QED) is 0.621. The van der Waals surface area contributed by atoms with Gasteiger partial charge in [0.25, 0.3) is 11.8 Å². The third-order valence-electron chi connectivity index (χ3n) is 3.46. The van der Waals surface area contributed by atoms with E-state index in [1.807, 2.05) is 0 Å². The molecule has 0 saturated carbocycles. The number of anilines is 2. The van der Waals surface area contributed by atoms with Gasteiger partial charge in [0.15, 0.2) is 5.13 Å². The molecule has 8 heteroatoms. The molecule has 2 N–H and O–H groups in total. The number of thiazole rings is 1. The Bertz CT molecular complexity index is 988. The predicted molar refractivity (Wildman–Crippen MR) is 106 cm³/mol. The average Bonchev–Trinajstić information content (AvgIpc) is 2.97. The highest BCUT2D eigenvalue weighted by molar-refractivity contribution is 7.17. The summed E-state index contributed by atoms with van der Waals surface area (Å²) < 4.78 is 0. The van der Waals surface area contributed by atoms with Crippen LogP contribution in [0.3, 0.4) is 0 Å². The highest BCUT2D eigenvalue weighted by Crippen LogP contribution is 2.27. The lowest BCUT2D eigenvalue weighted by molar-refractivity contribution is 0.102. The predicted octanol–water partition coefficient (Wildman–Crippen LogP) is 5.26. The summed E-state index contributed by atoms with van der Waals surface area (Å²) in [7, 11) is 0. The standard InChI is InChI=1S/C18H13Cl2N3O2S/c1-10-15(17(25)22-14-9-5-4-8-13(14)20)26-18(21-10)23-16(24)11-6-2-3-7-12(11)19/h2-9H,1H3,(H,22,25)(H,21,23,24). The summed E-state index contributed by atoms with van der Waals surface area (Å²) in [6.45, 7) is 1.70. The number of nitrogens with one attached hydrogen (secondary N) is 2. The normalized spacial score (nSPS) is 10.4. The van der Waals surface area contributed by atoms with Crippen LogP contribution in [0, 0.1) is 6.92 Å². The molecule has 0 radical (unpaired) electrons. The Morgan fingerprint density at radius 2 is 1.58 bits per heavy atom. The molecule has 0 fully saturated rings. The first kappa shape index (κ1) is 18.4. The molecule has 1 heterocycles. The summed E-state index contributed by atoms with van der Waals surface area (Å²) >= 11 is 13.2. The van der Waals surface area contributed by atoms with E-state index in [1.54, 1.807) is 55.5 Å². The maximum atomic E-state index is 12.5. The van der Waals surface area contributed by atoms with Gasteiger partial charge in [0.05, 0.1) is 27.0 Å². The van der Waals surface area contributed by atoms with E-state index < -0.39 is 0 Å². The summed E-state index contributed by atoms with van der Waals surface area (Å²) in [6.07, 6.45) is 0. The van der Waals surface area contributed by atoms with E-state index in [0.29, 0.717) is 37.0 Å². The number of rotatable bonds is 4. The molecule has 0 aliphatic rings. The summed E-state index contributed by atoms with van der Waals surface area (Å²) in [4.78, 5) is 29.4. The van der Waals surface area contributed by atoms with E-state index in [4.69, 9.17) is 23.2 Å². The molecule has 0 aliphatic carbocycles. The zero-order valence-electron chi connectivity index (χ0n) is 13.5. The Hall–Kier alpha value is -2.41. The minimum Gasteiger partial charge on any atom is -0.320 e. The van der Waals surface area contributed by atoms with Gasteiger partial charge in [-0.3, -0.25) is 14.9 Å². The van der Waals surface area contributed by atoms with Crippen LogP contribution in [-0.4, -0.2) is 16.8 Å². The van der Waals surface area contributed by atoms with Crippen LogP contribution >= 0.6 is 34.5 Å².